The molecule has 22 heavy (non-hydrogen) atoms. The number of hydrogen-bond donors (Lipinski definition) is 1. The zero-order valence-electron chi connectivity index (χ0n) is 12.9. The summed E-state index contributed by atoms with van der Waals surface area (Å²) in [6, 6.07) is 17.8. The highest BCUT2D eigenvalue weighted by molar-refractivity contribution is 5.41. The molecule has 112 valence electrons. The summed E-state index contributed by atoms with van der Waals surface area (Å²) in [6.45, 7) is 5.68. The average molecular weight is 290 g/mol. The Kier molecular flexibility index (Phi) is 5.51. The first kappa shape index (κ1) is 16.0. The van der Waals surface area contributed by atoms with Gasteiger partial charge in [0.2, 0.25) is 0 Å². The average Bonchev–Trinajstić information content (AvgIpc) is 2.55. The van der Waals surface area contributed by atoms with Crippen LogP contribution in [0.2, 0.25) is 0 Å². The first-order chi connectivity index (χ1) is 10.7. The van der Waals surface area contributed by atoms with Crippen LogP contribution in [0, 0.1) is 6.92 Å². The first-order valence-electron chi connectivity index (χ1n) is 7.47. The number of rotatable bonds is 6. The van der Waals surface area contributed by atoms with Crippen molar-refractivity contribution >= 4 is 0 Å². The van der Waals surface area contributed by atoms with Gasteiger partial charge < -0.3 is 5.11 Å². The molecule has 0 amide bonds. The molecule has 0 bridgehead atoms. The van der Waals surface area contributed by atoms with Gasteiger partial charge >= 0.3 is 0 Å². The predicted octanol–water partition coefficient (Wildman–Crippen LogP) is 4.92. The molecule has 0 radical (unpaired) electrons. The lowest BCUT2D eigenvalue weighted by Gasteiger charge is -2.30. The Morgan fingerprint density at radius 1 is 0.955 bits per heavy atom. The summed E-state index contributed by atoms with van der Waals surface area (Å²) >= 11 is 0. The molecule has 1 N–H and O–H groups in total. The predicted molar refractivity (Wildman–Crippen MR) is 93.7 cm³/mol. The first-order valence-corrected chi connectivity index (χ1v) is 7.47. The van der Waals surface area contributed by atoms with Crippen LogP contribution in [0.1, 0.15) is 23.1 Å². The molecule has 1 atom stereocenters. The van der Waals surface area contributed by atoms with E-state index in [1.165, 1.54) is 0 Å². The van der Waals surface area contributed by atoms with Crippen LogP contribution in [0.25, 0.3) is 0 Å². The lowest BCUT2D eigenvalue weighted by Crippen LogP contribution is -2.27. The molecule has 0 saturated heterocycles. The Hall–Kier alpha value is -2.38. The van der Waals surface area contributed by atoms with Gasteiger partial charge in [0.05, 0.1) is 0 Å². The molecular formula is C21H22O. The monoisotopic (exact) mass is 290 g/mol. The van der Waals surface area contributed by atoms with E-state index in [2.05, 4.69) is 6.58 Å². The van der Waals surface area contributed by atoms with E-state index in [1.807, 2.05) is 85.8 Å². The molecule has 1 heteroatoms. The van der Waals surface area contributed by atoms with Crippen molar-refractivity contribution in [1.29, 1.82) is 0 Å². The summed E-state index contributed by atoms with van der Waals surface area (Å²) in [5.74, 6) is 0. The van der Waals surface area contributed by atoms with Crippen LogP contribution in [0.5, 0.6) is 0 Å². The second-order valence-electron chi connectivity index (χ2n) is 5.29. The third-order valence-corrected chi connectivity index (χ3v) is 3.75. The normalized spacial score (nSPS) is 14.3. The highest BCUT2D eigenvalue weighted by atomic mass is 16.3. The molecule has 0 saturated carbocycles. The standard InChI is InChI=1S/C21H22O/c1-3-4-5-6-12-17-21(22,19-14-8-7-9-15-19)20-16-11-10-13-18(20)2/h3-16,22H,1,17H2,2H3/b5-4-,12-6-. The van der Waals surface area contributed by atoms with Crippen LogP contribution in [-0.4, -0.2) is 5.11 Å². The van der Waals surface area contributed by atoms with Crippen LogP contribution in [0.3, 0.4) is 0 Å². The minimum absolute atomic E-state index is 0.517. The molecule has 0 aliphatic rings. The largest absolute Gasteiger partial charge is 0.380 e. The maximum atomic E-state index is 11.4. The van der Waals surface area contributed by atoms with Gasteiger partial charge in [0, 0.05) is 6.42 Å². The minimum atomic E-state index is -1.02. The topological polar surface area (TPSA) is 20.2 Å². The number of benzene rings is 2. The molecule has 0 aliphatic heterocycles. The molecule has 2 rings (SSSR count). The second kappa shape index (κ2) is 7.58. The van der Waals surface area contributed by atoms with Crippen LogP contribution in [0.15, 0.2) is 91.6 Å². The van der Waals surface area contributed by atoms with Crippen molar-refractivity contribution in [2.45, 2.75) is 18.9 Å². The highest BCUT2D eigenvalue weighted by Crippen LogP contribution is 2.35. The van der Waals surface area contributed by atoms with Crippen LogP contribution >= 0.6 is 0 Å². The van der Waals surface area contributed by atoms with Crippen LogP contribution in [0.4, 0.5) is 0 Å². The van der Waals surface area contributed by atoms with E-state index in [4.69, 9.17) is 0 Å². The van der Waals surface area contributed by atoms with Gasteiger partial charge in [-0.25, -0.2) is 0 Å². The molecule has 0 heterocycles. The Morgan fingerprint density at radius 2 is 1.64 bits per heavy atom. The number of allylic oxidation sites excluding steroid dienone is 4. The van der Waals surface area contributed by atoms with E-state index in [9.17, 15) is 5.11 Å². The lowest BCUT2D eigenvalue weighted by molar-refractivity contribution is 0.0834. The smallest absolute Gasteiger partial charge is 0.118 e. The Balaban J connectivity index is 2.41. The third kappa shape index (κ3) is 3.63. The van der Waals surface area contributed by atoms with Crippen LogP contribution < -0.4 is 0 Å². The van der Waals surface area contributed by atoms with Gasteiger partial charge in [-0.15, -0.1) is 0 Å². The highest BCUT2D eigenvalue weighted by Gasteiger charge is 2.31. The summed E-state index contributed by atoms with van der Waals surface area (Å²) in [6.07, 6.45) is 9.95. The lowest BCUT2D eigenvalue weighted by atomic mass is 9.81. The Labute approximate surface area is 132 Å². The molecule has 2 aromatic carbocycles. The van der Waals surface area contributed by atoms with Gasteiger partial charge in [0.1, 0.15) is 5.60 Å². The van der Waals surface area contributed by atoms with Gasteiger partial charge in [-0.3, -0.25) is 0 Å². The van der Waals surface area contributed by atoms with E-state index < -0.39 is 5.60 Å². The van der Waals surface area contributed by atoms with E-state index in [0.717, 1.165) is 16.7 Å². The van der Waals surface area contributed by atoms with Gasteiger partial charge in [-0.2, -0.15) is 0 Å². The number of aryl methyl sites for hydroxylation is 1. The zero-order valence-corrected chi connectivity index (χ0v) is 12.9. The van der Waals surface area contributed by atoms with Crippen molar-refractivity contribution in [2.75, 3.05) is 0 Å². The molecule has 0 spiro atoms. The second-order valence-corrected chi connectivity index (χ2v) is 5.29. The number of hydrogen-bond acceptors (Lipinski definition) is 1. The summed E-state index contributed by atoms with van der Waals surface area (Å²) in [7, 11) is 0. The van der Waals surface area contributed by atoms with Gasteiger partial charge in [-0.05, 0) is 23.6 Å². The maximum absolute atomic E-state index is 11.4. The van der Waals surface area contributed by atoms with E-state index in [-0.39, 0.29) is 0 Å². The summed E-state index contributed by atoms with van der Waals surface area (Å²) in [5, 5.41) is 11.4. The zero-order chi connectivity index (χ0) is 15.8. The third-order valence-electron chi connectivity index (χ3n) is 3.75. The van der Waals surface area contributed by atoms with Crippen molar-refractivity contribution in [3.05, 3.63) is 108 Å². The van der Waals surface area contributed by atoms with Crippen molar-refractivity contribution in [3.63, 3.8) is 0 Å². The van der Waals surface area contributed by atoms with Crippen molar-refractivity contribution < 1.29 is 5.11 Å². The Bertz CT molecular complexity index is 667. The molecule has 0 aromatic heterocycles. The molecule has 0 fully saturated rings. The SMILES string of the molecule is C=C/C=C\C=C/CC(O)(c1ccccc1)c1ccccc1C. The van der Waals surface area contributed by atoms with Gasteiger partial charge in [0.15, 0.2) is 0 Å². The summed E-state index contributed by atoms with van der Waals surface area (Å²) in [5.41, 5.74) is 1.91. The summed E-state index contributed by atoms with van der Waals surface area (Å²) in [4.78, 5) is 0. The number of aliphatic hydroxyl groups is 1. The van der Waals surface area contributed by atoms with Crippen molar-refractivity contribution in [3.8, 4) is 0 Å². The minimum Gasteiger partial charge on any atom is -0.380 e. The van der Waals surface area contributed by atoms with Crippen molar-refractivity contribution in [1.82, 2.24) is 0 Å². The fraction of sp³-hybridized carbons (Fsp3) is 0.143. The maximum Gasteiger partial charge on any atom is 0.118 e. The summed E-state index contributed by atoms with van der Waals surface area (Å²) < 4.78 is 0. The molecule has 1 unspecified atom stereocenters. The van der Waals surface area contributed by atoms with Gasteiger partial charge in [0.25, 0.3) is 0 Å². The van der Waals surface area contributed by atoms with Crippen LogP contribution in [-0.2, 0) is 5.60 Å². The van der Waals surface area contributed by atoms with E-state index in [1.54, 1.807) is 6.08 Å². The van der Waals surface area contributed by atoms with E-state index in [0.29, 0.717) is 6.42 Å². The molecular weight excluding hydrogens is 268 g/mol. The molecule has 2 aromatic rings. The fourth-order valence-electron chi connectivity index (χ4n) is 2.59. The van der Waals surface area contributed by atoms with Gasteiger partial charge in [-0.1, -0.05) is 91.6 Å². The van der Waals surface area contributed by atoms with Crippen molar-refractivity contribution in [2.24, 2.45) is 0 Å². The quantitative estimate of drug-likeness (QED) is 0.749. The molecule has 0 aliphatic carbocycles. The molecule has 1 nitrogen and oxygen atoms in total. The van der Waals surface area contributed by atoms with E-state index >= 15 is 0 Å². The fourth-order valence-corrected chi connectivity index (χ4v) is 2.59. The Morgan fingerprint density at radius 3 is 2.32 bits per heavy atom.